The minimum absolute atomic E-state index is 0.473. The van der Waals surface area contributed by atoms with Crippen LogP contribution in [0.25, 0.3) is 0 Å². The fourth-order valence-corrected chi connectivity index (χ4v) is 3.41. The van der Waals surface area contributed by atoms with E-state index in [9.17, 15) is 0 Å². The molecule has 0 aliphatic rings. The van der Waals surface area contributed by atoms with Gasteiger partial charge >= 0.3 is 0 Å². The molecule has 2 heterocycles. The van der Waals surface area contributed by atoms with Crippen molar-refractivity contribution in [3.8, 4) is 0 Å². The van der Waals surface area contributed by atoms with Gasteiger partial charge < -0.3 is 5.32 Å². The number of nitrogens with one attached hydrogen (secondary N) is 1. The maximum absolute atomic E-state index is 4.25. The number of aryl methyl sites for hydroxylation is 3. The number of rotatable bonds is 8. The van der Waals surface area contributed by atoms with E-state index < -0.39 is 0 Å². The largest absolute Gasteiger partial charge is 0.309 e. The van der Waals surface area contributed by atoms with E-state index in [1.54, 1.807) is 0 Å². The van der Waals surface area contributed by atoms with Crippen molar-refractivity contribution < 1.29 is 0 Å². The molecule has 0 fully saturated rings. The first-order valence-corrected chi connectivity index (χ1v) is 8.34. The third-order valence-electron chi connectivity index (χ3n) is 3.50. The van der Waals surface area contributed by atoms with Crippen LogP contribution in [-0.2, 0) is 19.9 Å². The molecule has 1 unspecified atom stereocenters. The van der Waals surface area contributed by atoms with Gasteiger partial charge in [-0.1, -0.05) is 13.8 Å². The van der Waals surface area contributed by atoms with E-state index in [4.69, 9.17) is 0 Å². The summed E-state index contributed by atoms with van der Waals surface area (Å²) < 4.78 is 1.88. The van der Waals surface area contributed by atoms with E-state index >= 15 is 0 Å². The fourth-order valence-electron chi connectivity index (χ4n) is 2.35. The molecule has 0 saturated heterocycles. The van der Waals surface area contributed by atoms with Crippen molar-refractivity contribution in [2.24, 2.45) is 7.05 Å². The van der Waals surface area contributed by atoms with Crippen LogP contribution in [0.5, 0.6) is 0 Å². The molecule has 2 aromatic rings. The predicted molar refractivity (Wildman–Crippen MR) is 86.3 cm³/mol. The zero-order chi connectivity index (χ0) is 14.4. The standard InChI is InChI=1S/C16H25N3S/c1-4-10-17-15(16-9-7-14(5-2)20-16)8-6-13-11-18-19(3)12-13/h7,9,11-12,15,17H,4-6,8,10H2,1-3H3. The monoisotopic (exact) mass is 291 g/mol. The van der Waals surface area contributed by atoms with Gasteiger partial charge in [0.2, 0.25) is 0 Å². The van der Waals surface area contributed by atoms with Gasteiger partial charge in [-0.2, -0.15) is 5.10 Å². The number of thiophene rings is 1. The van der Waals surface area contributed by atoms with Crippen molar-refractivity contribution >= 4 is 11.3 Å². The van der Waals surface area contributed by atoms with Crippen molar-refractivity contribution in [1.29, 1.82) is 0 Å². The smallest absolute Gasteiger partial charge is 0.0521 e. The molecule has 1 atom stereocenters. The van der Waals surface area contributed by atoms with Crippen molar-refractivity contribution in [1.82, 2.24) is 15.1 Å². The maximum Gasteiger partial charge on any atom is 0.0521 e. The quantitative estimate of drug-likeness (QED) is 0.803. The molecule has 2 rings (SSSR count). The number of aromatic nitrogens is 2. The van der Waals surface area contributed by atoms with Crippen LogP contribution in [0.4, 0.5) is 0 Å². The zero-order valence-electron chi connectivity index (χ0n) is 12.7. The summed E-state index contributed by atoms with van der Waals surface area (Å²) in [6.07, 6.45) is 8.61. The van der Waals surface area contributed by atoms with E-state index in [-0.39, 0.29) is 0 Å². The van der Waals surface area contributed by atoms with Crippen LogP contribution in [0.1, 0.15) is 48.0 Å². The van der Waals surface area contributed by atoms with Gasteiger partial charge in [0, 0.05) is 29.0 Å². The molecule has 0 aromatic carbocycles. The highest BCUT2D eigenvalue weighted by Crippen LogP contribution is 2.27. The minimum atomic E-state index is 0.473. The van der Waals surface area contributed by atoms with Crippen molar-refractivity contribution in [2.45, 2.75) is 45.6 Å². The number of nitrogens with zero attached hydrogens (tertiary/aromatic N) is 2. The first-order valence-electron chi connectivity index (χ1n) is 7.52. The summed E-state index contributed by atoms with van der Waals surface area (Å²) in [6, 6.07) is 5.03. The lowest BCUT2D eigenvalue weighted by molar-refractivity contribution is 0.506. The number of hydrogen-bond acceptors (Lipinski definition) is 3. The van der Waals surface area contributed by atoms with E-state index in [1.165, 1.54) is 21.7 Å². The molecule has 2 aromatic heterocycles. The van der Waals surface area contributed by atoms with E-state index in [0.717, 1.165) is 25.8 Å². The Balaban J connectivity index is 1.99. The predicted octanol–water partition coefficient (Wildman–Crippen LogP) is 3.72. The van der Waals surface area contributed by atoms with Crippen molar-refractivity contribution in [2.75, 3.05) is 6.54 Å². The van der Waals surface area contributed by atoms with Gasteiger partial charge in [-0.25, -0.2) is 0 Å². The maximum atomic E-state index is 4.25. The van der Waals surface area contributed by atoms with Gasteiger partial charge in [0.15, 0.2) is 0 Å². The van der Waals surface area contributed by atoms with Crippen LogP contribution < -0.4 is 5.32 Å². The first-order chi connectivity index (χ1) is 9.72. The summed E-state index contributed by atoms with van der Waals surface area (Å²) in [5.74, 6) is 0. The number of hydrogen-bond donors (Lipinski definition) is 1. The molecule has 0 spiro atoms. The highest BCUT2D eigenvalue weighted by atomic mass is 32.1. The second-order valence-corrected chi connectivity index (χ2v) is 6.43. The Morgan fingerprint density at radius 2 is 2.20 bits per heavy atom. The van der Waals surface area contributed by atoms with Crippen molar-refractivity contribution in [3.63, 3.8) is 0 Å². The summed E-state index contributed by atoms with van der Waals surface area (Å²) in [4.78, 5) is 2.95. The Morgan fingerprint density at radius 3 is 2.80 bits per heavy atom. The Hall–Kier alpha value is -1.13. The van der Waals surface area contributed by atoms with Crippen LogP contribution >= 0.6 is 11.3 Å². The average molecular weight is 291 g/mol. The van der Waals surface area contributed by atoms with Gasteiger partial charge in [0.25, 0.3) is 0 Å². The SMILES string of the molecule is CCCNC(CCc1cnn(C)c1)c1ccc(CC)s1. The normalized spacial score (nSPS) is 12.8. The molecule has 0 bridgehead atoms. The molecular formula is C16H25N3S. The Labute approximate surface area is 126 Å². The van der Waals surface area contributed by atoms with Gasteiger partial charge in [-0.3, -0.25) is 4.68 Å². The minimum Gasteiger partial charge on any atom is -0.309 e. The second kappa shape index (κ2) is 7.60. The van der Waals surface area contributed by atoms with Crippen LogP contribution in [0.15, 0.2) is 24.5 Å². The molecule has 0 amide bonds. The molecule has 0 aliphatic carbocycles. The molecule has 0 radical (unpaired) electrons. The lowest BCUT2D eigenvalue weighted by Gasteiger charge is -2.16. The van der Waals surface area contributed by atoms with E-state index in [0.29, 0.717) is 6.04 Å². The van der Waals surface area contributed by atoms with Crippen molar-refractivity contribution in [3.05, 3.63) is 39.8 Å². The molecular weight excluding hydrogens is 266 g/mol. The van der Waals surface area contributed by atoms with Crippen LogP contribution in [0.3, 0.4) is 0 Å². The first kappa shape index (κ1) is 15.3. The Morgan fingerprint density at radius 1 is 1.35 bits per heavy atom. The average Bonchev–Trinajstić information content (AvgIpc) is 3.08. The van der Waals surface area contributed by atoms with E-state index in [1.807, 2.05) is 29.3 Å². The second-order valence-electron chi connectivity index (χ2n) is 5.23. The van der Waals surface area contributed by atoms with Crippen LogP contribution in [0.2, 0.25) is 0 Å². The summed E-state index contributed by atoms with van der Waals surface area (Å²) in [5.41, 5.74) is 1.32. The fraction of sp³-hybridized carbons (Fsp3) is 0.562. The summed E-state index contributed by atoms with van der Waals surface area (Å²) >= 11 is 1.95. The zero-order valence-corrected chi connectivity index (χ0v) is 13.5. The third-order valence-corrected chi connectivity index (χ3v) is 4.84. The molecule has 4 heteroatoms. The highest BCUT2D eigenvalue weighted by molar-refractivity contribution is 7.12. The molecule has 20 heavy (non-hydrogen) atoms. The Kier molecular flexibility index (Phi) is 5.80. The van der Waals surface area contributed by atoms with Gasteiger partial charge in [0.1, 0.15) is 0 Å². The topological polar surface area (TPSA) is 29.9 Å². The van der Waals surface area contributed by atoms with Gasteiger partial charge in [-0.05, 0) is 49.9 Å². The highest BCUT2D eigenvalue weighted by Gasteiger charge is 2.13. The molecule has 0 saturated carbocycles. The molecule has 110 valence electrons. The van der Waals surface area contributed by atoms with Crippen LogP contribution in [0, 0.1) is 0 Å². The summed E-state index contributed by atoms with van der Waals surface area (Å²) in [6.45, 7) is 5.52. The molecule has 1 N–H and O–H groups in total. The third kappa shape index (κ3) is 4.18. The Bertz CT molecular complexity index is 515. The summed E-state index contributed by atoms with van der Waals surface area (Å²) in [5, 5.41) is 7.93. The van der Waals surface area contributed by atoms with Gasteiger partial charge in [0.05, 0.1) is 6.20 Å². The summed E-state index contributed by atoms with van der Waals surface area (Å²) in [7, 11) is 1.98. The van der Waals surface area contributed by atoms with E-state index in [2.05, 4.69) is 42.6 Å². The molecule has 3 nitrogen and oxygen atoms in total. The van der Waals surface area contributed by atoms with Crippen LogP contribution in [-0.4, -0.2) is 16.3 Å². The lowest BCUT2D eigenvalue weighted by Crippen LogP contribution is -2.21. The molecule has 0 aliphatic heterocycles. The lowest BCUT2D eigenvalue weighted by atomic mass is 10.1. The van der Waals surface area contributed by atoms with Gasteiger partial charge in [-0.15, -0.1) is 11.3 Å².